The zero-order chi connectivity index (χ0) is 25.4. The molecule has 1 aliphatic heterocycles. The molecule has 0 bridgehead atoms. The number of cyclic esters (lactones) is 1. The number of fused-ring (bicyclic) bond motifs is 4. The fraction of sp³-hybridized carbons (Fsp3) is 0.250. The Morgan fingerprint density at radius 2 is 1.56 bits per heavy atom. The lowest BCUT2D eigenvalue weighted by Gasteiger charge is -2.33. The van der Waals surface area contributed by atoms with Crippen molar-refractivity contribution >= 4 is 18.0 Å². The van der Waals surface area contributed by atoms with Gasteiger partial charge in [0.05, 0.1) is 0 Å². The van der Waals surface area contributed by atoms with Gasteiger partial charge in [-0.15, -0.1) is 0 Å². The molecular weight excluding hydrogens is 462 g/mol. The van der Waals surface area contributed by atoms with Crippen LogP contribution in [0.15, 0.2) is 66.7 Å². The quantitative estimate of drug-likeness (QED) is 0.492. The van der Waals surface area contributed by atoms with Crippen molar-refractivity contribution in [3.8, 4) is 16.9 Å². The number of ether oxygens (including phenoxy) is 3. The summed E-state index contributed by atoms with van der Waals surface area (Å²) in [5, 5.41) is 12.2. The molecule has 5 rings (SSSR count). The number of carbonyl (C=O) groups is 3. The van der Waals surface area contributed by atoms with Crippen LogP contribution in [0.1, 0.15) is 46.8 Å². The molecule has 1 amide bonds. The van der Waals surface area contributed by atoms with E-state index in [-0.39, 0.29) is 30.3 Å². The number of hydrogen-bond acceptors (Lipinski definition) is 6. The van der Waals surface area contributed by atoms with Gasteiger partial charge in [-0.25, -0.2) is 14.4 Å². The van der Waals surface area contributed by atoms with Gasteiger partial charge in [-0.1, -0.05) is 60.7 Å². The van der Waals surface area contributed by atoms with E-state index in [1.54, 1.807) is 32.0 Å². The zero-order valence-corrected chi connectivity index (χ0v) is 19.8. The molecular formula is C28H25NO7. The Hall–Kier alpha value is -4.33. The van der Waals surface area contributed by atoms with Gasteiger partial charge in [0, 0.05) is 26.2 Å². The van der Waals surface area contributed by atoms with Crippen LogP contribution >= 0.6 is 0 Å². The topological polar surface area (TPSA) is 111 Å². The Kier molecular flexibility index (Phi) is 5.88. The summed E-state index contributed by atoms with van der Waals surface area (Å²) >= 11 is 0. The molecule has 36 heavy (non-hydrogen) atoms. The van der Waals surface area contributed by atoms with Crippen LogP contribution in [0.25, 0.3) is 11.1 Å². The third kappa shape index (κ3) is 4.37. The number of benzene rings is 3. The third-order valence-electron chi connectivity index (χ3n) is 6.36. The molecule has 0 saturated carbocycles. The van der Waals surface area contributed by atoms with E-state index in [0.29, 0.717) is 5.56 Å². The number of aliphatic carboxylic acids is 1. The lowest BCUT2D eigenvalue weighted by atomic mass is 9.98. The van der Waals surface area contributed by atoms with Crippen molar-refractivity contribution in [1.82, 2.24) is 5.32 Å². The maximum atomic E-state index is 12.7. The lowest BCUT2D eigenvalue weighted by molar-refractivity contribution is -0.139. The summed E-state index contributed by atoms with van der Waals surface area (Å²) in [4.78, 5) is 37.0. The largest absolute Gasteiger partial charge is 0.480 e. The minimum Gasteiger partial charge on any atom is -0.480 e. The number of rotatable bonds is 6. The van der Waals surface area contributed by atoms with Crippen molar-refractivity contribution < 1.29 is 33.7 Å². The van der Waals surface area contributed by atoms with Gasteiger partial charge in [-0.05, 0) is 33.9 Å². The Morgan fingerprint density at radius 3 is 2.19 bits per heavy atom. The van der Waals surface area contributed by atoms with E-state index >= 15 is 0 Å². The predicted molar refractivity (Wildman–Crippen MR) is 130 cm³/mol. The normalized spacial score (nSPS) is 16.0. The lowest BCUT2D eigenvalue weighted by Crippen LogP contribution is -2.43. The molecule has 3 aromatic carbocycles. The SMILES string of the molecule is CC1(C)OC(=O)c2cccc(C[C@H](NC(=O)OCC3c4ccccc4-c4ccccc43)C(=O)O)c2O1. The number of nitrogens with one attached hydrogen (secondary N) is 1. The first-order valence-corrected chi connectivity index (χ1v) is 11.6. The second-order valence-corrected chi connectivity index (χ2v) is 9.25. The van der Waals surface area contributed by atoms with E-state index in [1.165, 1.54) is 0 Å². The molecule has 3 aromatic rings. The minimum absolute atomic E-state index is 0.0656. The number of alkyl carbamates (subject to hydrolysis) is 1. The highest BCUT2D eigenvalue weighted by Crippen LogP contribution is 2.44. The van der Waals surface area contributed by atoms with E-state index in [9.17, 15) is 19.5 Å². The van der Waals surface area contributed by atoms with Crippen LogP contribution in [-0.2, 0) is 20.7 Å². The molecule has 8 heteroatoms. The minimum atomic E-state index is -1.29. The van der Waals surface area contributed by atoms with Crippen molar-refractivity contribution in [3.05, 3.63) is 89.0 Å². The number of esters is 1. The van der Waals surface area contributed by atoms with E-state index in [0.717, 1.165) is 22.3 Å². The molecule has 2 aliphatic rings. The van der Waals surface area contributed by atoms with Crippen LogP contribution < -0.4 is 10.1 Å². The Labute approximate surface area is 207 Å². The summed E-state index contributed by atoms with van der Waals surface area (Å²) in [6, 6.07) is 19.4. The molecule has 8 nitrogen and oxygen atoms in total. The number of hydrogen-bond donors (Lipinski definition) is 2. The van der Waals surface area contributed by atoms with E-state index in [4.69, 9.17) is 14.2 Å². The summed E-state index contributed by atoms with van der Waals surface area (Å²) in [5.41, 5.74) is 4.98. The average molecular weight is 488 g/mol. The van der Waals surface area contributed by atoms with Gasteiger partial charge >= 0.3 is 18.0 Å². The van der Waals surface area contributed by atoms with E-state index in [1.807, 2.05) is 48.5 Å². The maximum Gasteiger partial charge on any atom is 0.407 e. The fourth-order valence-electron chi connectivity index (χ4n) is 4.77. The smallest absolute Gasteiger partial charge is 0.407 e. The Morgan fingerprint density at radius 1 is 0.944 bits per heavy atom. The van der Waals surface area contributed by atoms with Crippen molar-refractivity contribution in [2.75, 3.05) is 6.61 Å². The highest BCUT2D eigenvalue weighted by atomic mass is 16.7. The van der Waals surface area contributed by atoms with Crippen LogP contribution in [0.2, 0.25) is 0 Å². The number of amides is 1. The summed E-state index contributed by atoms with van der Waals surface area (Å²) in [7, 11) is 0. The second kappa shape index (κ2) is 9.03. The molecule has 1 heterocycles. The maximum absolute atomic E-state index is 12.7. The van der Waals surface area contributed by atoms with Gasteiger partial charge in [0.25, 0.3) is 0 Å². The summed E-state index contributed by atoms with van der Waals surface area (Å²) in [6.45, 7) is 3.25. The summed E-state index contributed by atoms with van der Waals surface area (Å²) < 4.78 is 16.5. The number of carboxylic acid groups (broad SMARTS) is 1. The second-order valence-electron chi connectivity index (χ2n) is 9.25. The molecule has 0 radical (unpaired) electrons. The van der Waals surface area contributed by atoms with Gasteiger partial charge in [-0.3, -0.25) is 0 Å². The van der Waals surface area contributed by atoms with Crippen LogP contribution in [0.4, 0.5) is 4.79 Å². The average Bonchev–Trinajstić information content (AvgIpc) is 3.16. The Bertz CT molecular complexity index is 1320. The first-order valence-electron chi connectivity index (χ1n) is 11.6. The first kappa shape index (κ1) is 23.4. The molecule has 184 valence electrons. The molecule has 0 saturated heterocycles. The van der Waals surface area contributed by atoms with Crippen LogP contribution in [0, 0.1) is 0 Å². The van der Waals surface area contributed by atoms with Crippen molar-refractivity contribution in [2.45, 2.75) is 38.0 Å². The predicted octanol–water partition coefficient (Wildman–Crippen LogP) is 4.51. The molecule has 0 fully saturated rings. The highest BCUT2D eigenvalue weighted by Gasteiger charge is 2.36. The van der Waals surface area contributed by atoms with Gasteiger partial charge in [-0.2, -0.15) is 0 Å². The summed E-state index contributed by atoms with van der Waals surface area (Å²) in [5.74, 6) is -2.88. The van der Waals surface area contributed by atoms with Crippen molar-refractivity contribution in [1.29, 1.82) is 0 Å². The first-order chi connectivity index (χ1) is 17.2. The van der Waals surface area contributed by atoms with Gasteiger partial charge in [0.15, 0.2) is 0 Å². The fourth-order valence-corrected chi connectivity index (χ4v) is 4.77. The van der Waals surface area contributed by atoms with Crippen LogP contribution in [0.3, 0.4) is 0 Å². The number of para-hydroxylation sites is 1. The van der Waals surface area contributed by atoms with Gasteiger partial charge in [0.2, 0.25) is 5.79 Å². The summed E-state index contributed by atoms with van der Waals surface area (Å²) in [6.07, 6.45) is -0.943. The van der Waals surface area contributed by atoms with Crippen LogP contribution in [-0.4, -0.2) is 41.6 Å². The molecule has 0 unspecified atom stereocenters. The highest BCUT2D eigenvalue weighted by molar-refractivity contribution is 5.94. The van der Waals surface area contributed by atoms with E-state index in [2.05, 4.69) is 5.32 Å². The molecule has 0 aromatic heterocycles. The third-order valence-corrected chi connectivity index (χ3v) is 6.36. The number of carbonyl (C=O) groups excluding carboxylic acids is 2. The zero-order valence-electron chi connectivity index (χ0n) is 19.8. The van der Waals surface area contributed by atoms with Gasteiger partial charge in [0.1, 0.15) is 24.0 Å². The van der Waals surface area contributed by atoms with Crippen LogP contribution in [0.5, 0.6) is 5.75 Å². The molecule has 2 N–H and O–H groups in total. The number of carboxylic acids is 1. The monoisotopic (exact) mass is 487 g/mol. The standard InChI is InChI=1S/C28H25NO7/c1-28(2)35-24-16(8-7-13-21(24)26(32)36-28)14-23(25(30)31)29-27(33)34-15-22-19-11-5-3-9-17(19)18-10-4-6-12-20(18)22/h3-13,22-23H,14-15H2,1-2H3,(H,29,33)(H,30,31)/t23-/m0/s1. The van der Waals surface area contributed by atoms with Gasteiger partial charge < -0.3 is 24.6 Å². The molecule has 1 atom stereocenters. The van der Waals surface area contributed by atoms with Crippen molar-refractivity contribution in [3.63, 3.8) is 0 Å². The molecule has 1 aliphatic carbocycles. The Balaban J connectivity index is 1.30. The van der Waals surface area contributed by atoms with Crippen molar-refractivity contribution in [2.24, 2.45) is 0 Å². The molecule has 0 spiro atoms. The van der Waals surface area contributed by atoms with E-state index < -0.39 is 29.9 Å².